The van der Waals surface area contributed by atoms with Crippen molar-refractivity contribution in [2.75, 3.05) is 6.61 Å². The summed E-state index contributed by atoms with van der Waals surface area (Å²) in [6.07, 6.45) is 3.49. The number of nitrogens with zero attached hydrogens (tertiary/aromatic N) is 2. The maximum absolute atomic E-state index is 11.5. The van der Waals surface area contributed by atoms with Crippen molar-refractivity contribution < 1.29 is 13.9 Å². The van der Waals surface area contributed by atoms with Crippen LogP contribution in [-0.2, 0) is 4.74 Å². The third kappa shape index (κ3) is 1.46. The summed E-state index contributed by atoms with van der Waals surface area (Å²) in [5.74, 6) is -0.309. The lowest BCUT2D eigenvalue weighted by atomic mass is 10.5. The first-order chi connectivity index (χ1) is 6.83. The third-order valence-electron chi connectivity index (χ3n) is 1.73. The van der Waals surface area contributed by atoms with Crippen LogP contribution in [0, 0.1) is 0 Å². The molecule has 0 N–H and O–H groups in total. The summed E-state index contributed by atoms with van der Waals surface area (Å²) < 4.78 is 6.64. The van der Waals surface area contributed by atoms with E-state index in [4.69, 9.17) is 4.74 Å². The molecule has 0 aliphatic rings. The van der Waals surface area contributed by atoms with Crippen LogP contribution in [0.25, 0.3) is 4.96 Å². The minimum atomic E-state index is -0.309. The second kappa shape index (κ2) is 3.71. The Bertz CT molecular complexity index is 467. The number of rotatable bonds is 2. The standard InChI is InChI=1S/C9H9N2O2S/c1-2-13-8(12)7-6-14-9-10-4-3-5-11(7)9/h3-6H,2H2,1H3/q+1. The summed E-state index contributed by atoms with van der Waals surface area (Å²) in [4.78, 5) is 16.4. The number of thiazole rings is 1. The van der Waals surface area contributed by atoms with E-state index in [1.165, 1.54) is 11.3 Å². The highest BCUT2D eigenvalue weighted by molar-refractivity contribution is 7.14. The van der Waals surface area contributed by atoms with Gasteiger partial charge in [-0.25, -0.2) is 4.79 Å². The van der Waals surface area contributed by atoms with Crippen LogP contribution in [0.4, 0.5) is 0 Å². The average molecular weight is 209 g/mol. The van der Waals surface area contributed by atoms with E-state index in [0.29, 0.717) is 12.3 Å². The van der Waals surface area contributed by atoms with E-state index in [2.05, 4.69) is 4.98 Å². The summed E-state index contributed by atoms with van der Waals surface area (Å²) in [5.41, 5.74) is 0.528. The van der Waals surface area contributed by atoms with Gasteiger partial charge in [0.25, 0.3) is 0 Å². The number of ether oxygens (including phenoxy) is 1. The molecule has 0 aliphatic heterocycles. The van der Waals surface area contributed by atoms with E-state index in [-0.39, 0.29) is 5.97 Å². The first-order valence-corrected chi connectivity index (χ1v) is 5.12. The molecule has 5 heteroatoms. The lowest BCUT2D eigenvalue weighted by molar-refractivity contribution is -0.513. The molecular formula is C9H9N2O2S+. The molecule has 2 heterocycles. The Hall–Kier alpha value is -1.49. The van der Waals surface area contributed by atoms with Gasteiger partial charge in [-0.15, -0.1) is 0 Å². The number of aromatic nitrogens is 2. The Morgan fingerprint density at radius 2 is 2.57 bits per heavy atom. The molecule has 14 heavy (non-hydrogen) atoms. The van der Waals surface area contributed by atoms with Crippen molar-refractivity contribution in [2.45, 2.75) is 6.92 Å². The predicted octanol–water partition coefficient (Wildman–Crippen LogP) is 1.06. The van der Waals surface area contributed by atoms with Crippen LogP contribution in [0.2, 0.25) is 0 Å². The van der Waals surface area contributed by atoms with Crippen molar-refractivity contribution in [3.63, 3.8) is 0 Å². The summed E-state index contributed by atoms with van der Waals surface area (Å²) in [6.45, 7) is 2.17. The van der Waals surface area contributed by atoms with Gasteiger partial charge in [-0.3, -0.25) is 0 Å². The van der Waals surface area contributed by atoms with Crippen molar-refractivity contribution in [3.8, 4) is 0 Å². The second-order valence-corrected chi connectivity index (χ2v) is 3.45. The summed E-state index contributed by atoms with van der Waals surface area (Å²) in [7, 11) is 0. The molecule has 0 unspecified atom stereocenters. The van der Waals surface area contributed by atoms with E-state index in [1.54, 1.807) is 35.2 Å². The molecule has 0 bridgehead atoms. The maximum Gasteiger partial charge on any atom is 0.387 e. The summed E-state index contributed by atoms with van der Waals surface area (Å²) in [6, 6.07) is 1.78. The van der Waals surface area contributed by atoms with Gasteiger partial charge in [0, 0.05) is 6.07 Å². The lowest BCUT2D eigenvalue weighted by Crippen LogP contribution is -2.28. The first-order valence-electron chi connectivity index (χ1n) is 4.24. The number of hydrogen-bond acceptors (Lipinski definition) is 4. The number of esters is 1. The number of fused-ring (bicyclic) bond motifs is 1. The highest BCUT2D eigenvalue weighted by atomic mass is 32.1. The van der Waals surface area contributed by atoms with Crippen molar-refractivity contribution in [1.82, 2.24) is 4.98 Å². The van der Waals surface area contributed by atoms with Gasteiger partial charge >= 0.3 is 10.9 Å². The smallest absolute Gasteiger partial charge is 0.387 e. The topological polar surface area (TPSA) is 43.3 Å². The van der Waals surface area contributed by atoms with E-state index in [0.717, 1.165) is 4.96 Å². The first kappa shape index (κ1) is 9.08. The number of carbonyl (C=O) groups is 1. The van der Waals surface area contributed by atoms with E-state index < -0.39 is 0 Å². The van der Waals surface area contributed by atoms with Gasteiger partial charge in [-0.2, -0.15) is 4.40 Å². The highest BCUT2D eigenvalue weighted by Gasteiger charge is 2.19. The van der Waals surface area contributed by atoms with Gasteiger partial charge in [-0.05, 0) is 23.2 Å². The Labute approximate surface area is 84.8 Å². The molecule has 0 atom stereocenters. The fraction of sp³-hybridized carbons (Fsp3) is 0.222. The quantitative estimate of drug-likeness (QED) is 0.548. The zero-order chi connectivity index (χ0) is 9.97. The van der Waals surface area contributed by atoms with Crippen LogP contribution >= 0.6 is 11.3 Å². The van der Waals surface area contributed by atoms with Gasteiger partial charge in [0.1, 0.15) is 12.4 Å². The monoisotopic (exact) mass is 209 g/mol. The van der Waals surface area contributed by atoms with Crippen LogP contribution in [0.1, 0.15) is 17.4 Å². The van der Waals surface area contributed by atoms with Crippen LogP contribution < -0.4 is 4.40 Å². The third-order valence-corrected chi connectivity index (χ3v) is 2.59. The van der Waals surface area contributed by atoms with Gasteiger partial charge in [-0.1, -0.05) is 0 Å². The number of carbonyl (C=O) groups excluding carboxylic acids is 1. The van der Waals surface area contributed by atoms with E-state index in [1.807, 2.05) is 0 Å². The molecule has 0 aliphatic carbocycles. The Morgan fingerprint density at radius 3 is 3.36 bits per heavy atom. The fourth-order valence-corrected chi connectivity index (χ4v) is 1.97. The van der Waals surface area contributed by atoms with Gasteiger partial charge in [0.2, 0.25) is 5.69 Å². The molecule has 0 radical (unpaired) electrons. The van der Waals surface area contributed by atoms with Crippen LogP contribution in [0.5, 0.6) is 0 Å². The van der Waals surface area contributed by atoms with Crippen molar-refractivity contribution in [2.24, 2.45) is 0 Å². The molecule has 4 nitrogen and oxygen atoms in total. The molecule has 0 saturated carbocycles. The highest BCUT2D eigenvalue weighted by Crippen LogP contribution is 2.07. The second-order valence-electron chi connectivity index (χ2n) is 2.61. The number of hydrogen-bond donors (Lipinski definition) is 0. The van der Waals surface area contributed by atoms with Crippen LogP contribution in [0.15, 0.2) is 23.8 Å². The normalized spacial score (nSPS) is 10.4. The molecule has 2 aromatic rings. The molecule has 2 rings (SSSR count). The average Bonchev–Trinajstić information content (AvgIpc) is 2.61. The molecule has 0 amide bonds. The van der Waals surface area contributed by atoms with Crippen LogP contribution in [-0.4, -0.2) is 17.6 Å². The summed E-state index contributed by atoms with van der Waals surface area (Å²) >= 11 is 1.42. The minimum absolute atomic E-state index is 0.309. The van der Waals surface area contributed by atoms with E-state index >= 15 is 0 Å². The molecule has 2 aromatic heterocycles. The predicted molar refractivity (Wildman–Crippen MR) is 51.2 cm³/mol. The Kier molecular flexibility index (Phi) is 2.41. The molecule has 0 aromatic carbocycles. The van der Waals surface area contributed by atoms with Crippen molar-refractivity contribution in [3.05, 3.63) is 29.5 Å². The lowest BCUT2D eigenvalue weighted by Gasteiger charge is -1.95. The molecule has 0 spiro atoms. The molecule has 72 valence electrons. The largest absolute Gasteiger partial charge is 0.460 e. The zero-order valence-corrected chi connectivity index (χ0v) is 8.45. The molecule has 0 fully saturated rings. The van der Waals surface area contributed by atoms with Gasteiger partial charge in [0.15, 0.2) is 0 Å². The Balaban J connectivity index is 2.47. The van der Waals surface area contributed by atoms with Gasteiger partial charge in [0.05, 0.1) is 12.0 Å². The zero-order valence-electron chi connectivity index (χ0n) is 7.64. The fourth-order valence-electron chi connectivity index (χ4n) is 1.14. The Morgan fingerprint density at radius 1 is 1.71 bits per heavy atom. The van der Waals surface area contributed by atoms with E-state index in [9.17, 15) is 4.79 Å². The minimum Gasteiger partial charge on any atom is -0.460 e. The molecular weight excluding hydrogens is 200 g/mol. The van der Waals surface area contributed by atoms with Crippen molar-refractivity contribution in [1.29, 1.82) is 0 Å². The summed E-state index contributed by atoms with van der Waals surface area (Å²) in [5, 5.41) is 1.75. The van der Waals surface area contributed by atoms with Crippen LogP contribution in [0.3, 0.4) is 0 Å². The maximum atomic E-state index is 11.5. The SMILES string of the molecule is CCOC(=O)c1csc2nccc[n+]12. The molecule has 0 saturated heterocycles. The van der Waals surface area contributed by atoms with Crippen molar-refractivity contribution >= 4 is 22.3 Å². The van der Waals surface area contributed by atoms with Gasteiger partial charge < -0.3 is 4.74 Å².